The summed E-state index contributed by atoms with van der Waals surface area (Å²) in [6.07, 6.45) is 3.02. The van der Waals surface area contributed by atoms with Crippen molar-refractivity contribution in [2.24, 2.45) is 11.3 Å². The van der Waals surface area contributed by atoms with Gasteiger partial charge in [0.15, 0.2) is 0 Å². The summed E-state index contributed by atoms with van der Waals surface area (Å²) in [5, 5.41) is 10.5. The van der Waals surface area contributed by atoms with Gasteiger partial charge in [0.1, 0.15) is 0 Å². The fourth-order valence-electron chi connectivity index (χ4n) is 3.10. The zero-order valence-corrected chi connectivity index (χ0v) is 15.1. The zero-order chi connectivity index (χ0) is 16.4. The van der Waals surface area contributed by atoms with E-state index in [4.69, 9.17) is 4.74 Å². The van der Waals surface area contributed by atoms with E-state index in [0.29, 0.717) is 18.8 Å². The van der Waals surface area contributed by atoms with Gasteiger partial charge in [-0.1, -0.05) is 48.8 Å². The Hall–Kier alpha value is -0.870. The summed E-state index contributed by atoms with van der Waals surface area (Å²) >= 11 is 3.38. The quantitative estimate of drug-likeness (QED) is 0.632. The fraction of sp³-hybridized carbons (Fsp3) is 0.611. The van der Waals surface area contributed by atoms with Crippen molar-refractivity contribution >= 4 is 21.9 Å². The molecule has 0 amide bonds. The summed E-state index contributed by atoms with van der Waals surface area (Å²) < 4.78 is 6.32. The molecule has 4 heteroatoms. The number of ether oxygens (including phenoxy) is 1. The van der Waals surface area contributed by atoms with Crippen molar-refractivity contribution in [1.82, 2.24) is 0 Å². The average molecular weight is 369 g/mol. The summed E-state index contributed by atoms with van der Waals surface area (Å²) in [6, 6.07) is 7.57. The van der Waals surface area contributed by atoms with Crippen molar-refractivity contribution in [3.63, 3.8) is 0 Å². The van der Waals surface area contributed by atoms with Crippen LogP contribution in [0.4, 0.5) is 0 Å². The first kappa shape index (κ1) is 17.5. The minimum atomic E-state index is -1.29. The standard InChI is InChI=1S/C18H25BrO3/c1-17(2,3)14-7-9-18(21,10-8-14)22-16(20)12-13-5-4-6-15(19)11-13/h4-6,11,14,21H,7-10,12H2,1-3H3. The number of carbonyl (C=O) groups excluding carboxylic acids is 1. The zero-order valence-electron chi connectivity index (χ0n) is 13.6. The van der Waals surface area contributed by atoms with Gasteiger partial charge in [0.05, 0.1) is 6.42 Å². The van der Waals surface area contributed by atoms with Crippen LogP contribution in [0.15, 0.2) is 28.7 Å². The molecule has 1 aromatic carbocycles. The summed E-state index contributed by atoms with van der Waals surface area (Å²) in [5.74, 6) is -1.09. The molecular weight excluding hydrogens is 344 g/mol. The van der Waals surface area contributed by atoms with Crippen molar-refractivity contribution in [3.05, 3.63) is 34.3 Å². The molecule has 0 unspecified atom stereocenters. The lowest BCUT2D eigenvalue weighted by atomic mass is 9.71. The molecule has 1 saturated carbocycles. The van der Waals surface area contributed by atoms with Crippen LogP contribution in [0.5, 0.6) is 0 Å². The van der Waals surface area contributed by atoms with E-state index >= 15 is 0 Å². The van der Waals surface area contributed by atoms with Crippen molar-refractivity contribution in [3.8, 4) is 0 Å². The molecule has 0 spiro atoms. The minimum absolute atomic E-state index is 0.185. The van der Waals surface area contributed by atoms with Gasteiger partial charge in [0.25, 0.3) is 0 Å². The lowest BCUT2D eigenvalue weighted by Crippen LogP contribution is -2.41. The summed E-state index contributed by atoms with van der Waals surface area (Å²) in [4.78, 5) is 12.1. The molecule has 1 N–H and O–H groups in total. The second-order valence-electron chi connectivity index (χ2n) is 7.37. The van der Waals surface area contributed by atoms with Crippen LogP contribution in [-0.4, -0.2) is 16.9 Å². The summed E-state index contributed by atoms with van der Waals surface area (Å²) in [7, 11) is 0. The van der Waals surface area contributed by atoms with E-state index in [9.17, 15) is 9.90 Å². The Bertz CT molecular complexity index is 525. The van der Waals surface area contributed by atoms with Gasteiger partial charge in [0, 0.05) is 17.3 Å². The lowest BCUT2D eigenvalue weighted by molar-refractivity contribution is -0.225. The monoisotopic (exact) mass is 368 g/mol. The predicted molar refractivity (Wildman–Crippen MR) is 90.3 cm³/mol. The largest absolute Gasteiger partial charge is 0.433 e. The van der Waals surface area contributed by atoms with Crippen LogP contribution < -0.4 is 0 Å². The molecule has 122 valence electrons. The van der Waals surface area contributed by atoms with Gasteiger partial charge in [0.2, 0.25) is 5.79 Å². The van der Waals surface area contributed by atoms with Gasteiger partial charge < -0.3 is 9.84 Å². The van der Waals surface area contributed by atoms with Gasteiger partial charge in [-0.3, -0.25) is 4.79 Å². The first-order valence-corrected chi connectivity index (χ1v) is 8.66. The third-order valence-electron chi connectivity index (χ3n) is 4.53. The molecule has 3 nitrogen and oxygen atoms in total. The molecule has 22 heavy (non-hydrogen) atoms. The third kappa shape index (κ3) is 4.82. The first-order chi connectivity index (χ1) is 10.2. The molecule has 0 aliphatic heterocycles. The van der Waals surface area contributed by atoms with E-state index in [0.717, 1.165) is 22.9 Å². The van der Waals surface area contributed by atoms with Crippen molar-refractivity contribution in [1.29, 1.82) is 0 Å². The van der Waals surface area contributed by atoms with Crippen LogP contribution in [0.25, 0.3) is 0 Å². The second kappa shape index (κ2) is 6.71. The van der Waals surface area contributed by atoms with E-state index in [1.807, 2.05) is 24.3 Å². The van der Waals surface area contributed by atoms with Gasteiger partial charge in [-0.25, -0.2) is 0 Å². The van der Waals surface area contributed by atoms with Gasteiger partial charge in [-0.15, -0.1) is 0 Å². The predicted octanol–water partition coefficient (Wildman–Crippen LogP) is 4.46. The van der Waals surface area contributed by atoms with Crippen molar-refractivity contribution in [2.75, 3.05) is 0 Å². The van der Waals surface area contributed by atoms with Crippen LogP contribution in [0.1, 0.15) is 52.0 Å². The molecule has 0 atom stereocenters. The van der Waals surface area contributed by atoms with Crippen molar-refractivity contribution < 1.29 is 14.6 Å². The Kier molecular flexibility index (Phi) is 5.33. The highest BCUT2D eigenvalue weighted by Gasteiger charge is 2.39. The Labute approximate surface area is 141 Å². The smallest absolute Gasteiger partial charge is 0.312 e. The van der Waals surface area contributed by atoms with Crippen LogP contribution in [-0.2, 0) is 16.0 Å². The van der Waals surface area contributed by atoms with Crippen LogP contribution in [0.2, 0.25) is 0 Å². The van der Waals surface area contributed by atoms with E-state index in [1.54, 1.807) is 0 Å². The molecule has 1 aliphatic carbocycles. The SMILES string of the molecule is CC(C)(C)C1CCC(O)(OC(=O)Cc2cccc(Br)c2)CC1. The maximum absolute atomic E-state index is 12.1. The summed E-state index contributed by atoms with van der Waals surface area (Å²) in [6.45, 7) is 6.67. The Morgan fingerprint density at radius 1 is 1.36 bits per heavy atom. The van der Waals surface area contributed by atoms with E-state index in [-0.39, 0.29) is 17.8 Å². The van der Waals surface area contributed by atoms with Gasteiger partial charge >= 0.3 is 5.97 Å². The highest BCUT2D eigenvalue weighted by Crippen LogP contribution is 2.41. The van der Waals surface area contributed by atoms with E-state index in [1.165, 1.54) is 0 Å². The highest BCUT2D eigenvalue weighted by molar-refractivity contribution is 9.10. The van der Waals surface area contributed by atoms with Gasteiger partial charge in [-0.2, -0.15) is 0 Å². The first-order valence-electron chi connectivity index (χ1n) is 7.87. The normalized spacial score (nSPS) is 25.8. The number of aliphatic hydroxyl groups is 1. The van der Waals surface area contributed by atoms with Crippen molar-refractivity contribution in [2.45, 2.75) is 58.7 Å². The third-order valence-corrected chi connectivity index (χ3v) is 5.03. The van der Waals surface area contributed by atoms with Crippen LogP contribution >= 0.6 is 15.9 Å². The van der Waals surface area contributed by atoms with E-state index in [2.05, 4.69) is 36.7 Å². The Morgan fingerprint density at radius 3 is 2.55 bits per heavy atom. The minimum Gasteiger partial charge on any atom is -0.433 e. The number of esters is 1. The molecule has 0 bridgehead atoms. The number of rotatable bonds is 3. The van der Waals surface area contributed by atoms with Gasteiger partial charge in [-0.05, 0) is 41.9 Å². The summed E-state index contributed by atoms with van der Waals surface area (Å²) in [5.41, 5.74) is 1.12. The maximum atomic E-state index is 12.1. The van der Waals surface area contributed by atoms with Crippen LogP contribution in [0.3, 0.4) is 0 Å². The number of hydrogen-bond acceptors (Lipinski definition) is 3. The number of carbonyl (C=O) groups is 1. The molecule has 1 fully saturated rings. The van der Waals surface area contributed by atoms with E-state index < -0.39 is 5.79 Å². The maximum Gasteiger partial charge on any atom is 0.312 e. The fourth-order valence-corrected chi connectivity index (χ4v) is 3.55. The lowest BCUT2D eigenvalue weighted by Gasteiger charge is -2.40. The molecule has 0 saturated heterocycles. The molecule has 2 rings (SSSR count). The molecule has 0 aromatic heterocycles. The number of halogens is 1. The molecule has 1 aliphatic rings. The highest BCUT2D eigenvalue weighted by atomic mass is 79.9. The molecule has 0 heterocycles. The number of benzene rings is 1. The Morgan fingerprint density at radius 2 is 2.00 bits per heavy atom. The topological polar surface area (TPSA) is 46.5 Å². The number of hydrogen-bond donors (Lipinski definition) is 1. The average Bonchev–Trinajstić information content (AvgIpc) is 2.37. The molecule has 1 aromatic rings. The Balaban J connectivity index is 1.89. The molecular formula is C18H25BrO3. The second-order valence-corrected chi connectivity index (χ2v) is 8.28. The molecule has 0 radical (unpaired) electrons. The van der Waals surface area contributed by atoms with Crippen LogP contribution in [0, 0.1) is 11.3 Å².